The Balaban J connectivity index is 2.76. The van der Waals surface area contributed by atoms with Gasteiger partial charge in [0.25, 0.3) is 0 Å². The SMILES string of the molecule is COC(=O)CC=Cc1ccccc1C=NO. The summed E-state index contributed by atoms with van der Waals surface area (Å²) in [5.41, 5.74) is 1.66. The highest BCUT2D eigenvalue weighted by atomic mass is 16.5. The lowest BCUT2D eigenvalue weighted by atomic mass is 10.1. The maximum absolute atomic E-state index is 10.9. The number of hydrogen-bond donors (Lipinski definition) is 1. The number of hydrogen-bond acceptors (Lipinski definition) is 4. The van der Waals surface area contributed by atoms with Gasteiger partial charge in [-0.2, -0.15) is 0 Å². The van der Waals surface area contributed by atoms with Crippen LogP contribution in [0.1, 0.15) is 17.5 Å². The zero-order valence-electron chi connectivity index (χ0n) is 8.96. The van der Waals surface area contributed by atoms with Crippen molar-refractivity contribution in [1.29, 1.82) is 0 Å². The van der Waals surface area contributed by atoms with Crippen LogP contribution in [-0.2, 0) is 9.53 Å². The average molecular weight is 219 g/mol. The molecule has 1 N–H and O–H groups in total. The van der Waals surface area contributed by atoms with E-state index in [0.717, 1.165) is 11.1 Å². The van der Waals surface area contributed by atoms with Crippen molar-refractivity contribution in [2.24, 2.45) is 5.16 Å². The first-order chi connectivity index (χ1) is 7.77. The molecule has 0 unspecified atom stereocenters. The summed E-state index contributed by atoms with van der Waals surface area (Å²) in [6, 6.07) is 7.39. The van der Waals surface area contributed by atoms with E-state index in [9.17, 15) is 4.79 Å². The molecule has 4 heteroatoms. The highest BCUT2D eigenvalue weighted by molar-refractivity contribution is 5.85. The Morgan fingerprint density at radius 2 is 2.12 bits per heavy atom. The molecule has 0 aliphatic rings. The van der Waals surface area contributed by atoms with E-state index in [2.05, 4.69) is 9.89 Å². The quantitative estimate of drug-likeness (QED) is 0.365. The number of nitrogens with zero attached hydrogens (tertiary/aromatic N) is 1. The second kappa shape index (κ2) is 6.40. The standard InChI is InChI=1S/C12H13NO3/c1-16-12(14)8-4-7-10-5-2-3-6-11(10)9-13-15/h2-7,9,15H,8H2,1H3. The van der Waals surface area contributed by atoms with E-state index >= 15 is 0 Å². The molecular weight excluding hydrogens is 206 g/mol. The van der Waals surface area contributed by atoms with Crippen LogP contribution in [0.25, 0.3) is 6.08 Å². The Hall–Kier alpha value is -2.10. The van der Waals surface area contributed by atoms with Gasteiger partial charge < -0.3 is 9.94 Å². The van der Waals surface area contributed by atoms with Crippen molar-refractivity contribution in [3.8, 4) is 0 Å². The molecule has 16 heavy (non-hydrogen) atoms. The fraction of sp³-hybridized carbons (Fsp3) is 0.167. The van der Waals surface area contributed by atoms with Crippen molar-refractivity contribution in [2.75, 3.05) is 7.11 Å². The fourth-order valence-corrected chi connectivity index (χ4v) is 1.21. The van der Waals surface area contributed by atoms with E-state index in [1.165, 1.54) is 13.3 Å². The van der Waals surface area contributed by atoms with Crippen LogP contribution in [0.5, 0.6) is 0 Å². The molecule has 1 aromatic rings. The summed E-state index contributed by atoms with van der Waals surface area (Å²) in [4.78, 5) is 10.9. The second-order valence-corrected chi connectivity index (χ2v) is 3.06. The van der Waals surface area contributed by atoms with Crippen molar-refractivity contribution in [2.45, 2.75) is 6.42 Å². The van der Waals surface area contributed by atoms with Crippen LogP contribution in [0.2, 0.25) is 0 Å². The number of carbonyl (C=O) groups excluding carboxylic acids is 1. The van der Waals surface area contributed by atoms with Gasteiger partial charge in [0.1, 0.15) is 0 Å². The van der Waals surface area contributed by atoms with Gasteiger partial charge in [-0.1, -0.05) is 41.6 Å². The van der Waals surface area contributed by atoms with Crippen LogP contribution >= 0.6 is 0 Å². The molecule has 0 amide bonds. The lowest BCUT2D eigenvalue weighted by Gasteiger charge is -1.98. The van der Waals surface area contributed by atoms with Crippen LogP contribution in [0.3, 0.4) is 0 Å². The third-order valence-electron chi connectivity index (χ3n) is 2.00. The Bertz CT molecular complexity index is 410. The lowest BCUT2D eigenvalue weighted by Crippen LogP contribution is -1.96. The highest BCUT2D eigenvalue weighted by Gasteiger charge is 1.97. The minimum Gasteiger partial charge on any atom is -0.469 e. The molecule has 1 aromatic carbocycles. The van der Waals surface area contributed by atoms with Crippen LogP contribution in [0.4, 0.5) is 0 Å². The molecule has 84 valence electrons. The van der Waals surface area contributed by atoms with Crippen molar-refractivity contribution >= 4 is 18.3 Å². The highest BCUT2D eigenvalue weighted by Crippen LogP contribution is 2.09. The Morgan fingerprint density at radius 3 is 2.75 bits per heavy atom. The Labute approximate surface area is 93.9 Å². The first-order valence-electron chi connectivity index (χ1n) is 4.77. The fourth-order valence-electron chi connectivity index (χ4n) is 1.21. The number of benzene rings is 1. The summed E-state index contributed by atoms with van der Waals surface area (Å²) in [6.07, 6.45) is 5.06. The molecule has 0 saturated carbocycles. The smallest absolute Gasteiger partial charge is 0.309 e. The van der Waals surface area contributed by atoms with Gasteiger partial charge in [-0.15, -0.1) is 0 Å². The topological polar surface area (TPSA) is 58.9 Å². The van der Waals surface area contributed by atoms with Gasteiger partial charge in [0.2, 0.25) is 0 Å². The molecule has 0 aliphatic carbocycles. The van der Waals surface area contributed by atoms with Crippen molar-refractivity contribution < 1.29 is 14.7 Å². The zero-order chi connectivity index (χ0) is 11.8. The van der Waals surface area contributed by atoms with Crippen LogP contribution in [0.15, 0.2) is 35.5 Å². The van der Waals surface area contributed by atoms with Gasteiger partial charge in [0.05, 0.1) is 19.7 Å². The Morgan fingerprint density at radius 1 is 1.44 bits per heavy atom. The van der Waals surface area contributed by atoms with Gasteiger partial charge >= 0.3 is 5.97 Å². The molecule has 0 fully saturated rings. The molecule has 0 saturated heterocycles. The average Bonchev–Trinajstić information content (AvgIpc) is 2.31. The maximum atomic E-state index is 10.9. The normalized spacial score (nSPS) is 11.1. The molecule has 0 spiro atoms. The largest absolute Gasteiger partial charge is 0.469 e. The second-order valence-electron chi connectivity index (χ2n) is 3.06. The van der Waals surface area contributed by atoms with Crippen LogP contribution in [-0.4, -0.2) is 24.5 Å². The van der Waals surface area contributed by atoms with E-state index in [-0.39, 0.29) is 12.4 Å². The van der Waals surface area contributed by atoms with Crippen molar-refractivity contribution in [3.05, 3.63) is 41.5 Å². The summed E-state index contributed by atoms with van der Waals surface area (Å²) in [5, 5.41) is 11.4. The summed E-state index contributed by atoms with van der Waals surface area (Å²) in [5.74, 6) is -0.287. The van der Waals surface area contributed by atoms with E-state index in [1.807, 2.05) is 24.3 Å². The summed E-state index contributed by atoms with van der Waals surface area (Å²) < 4.78 is 4.51. The van der Waals surface area contributed by atoms with Gasteiger partial charge in [-0.05, 0) is 5.56 Å². The molecule has 0 aromatic heterocycles. The number of esters is 1. The molecule has 4 nitrogen and oxygen atoms in total. The van der Waals surface area contributed by atoms with E-state index in [0.29, 0.717) is 0 Å². The molecular formula is C12H13NO3. The number of rotatable bonds is 4. The summed E-state index contributed by atoms with van der Waals surface area (Å²) in [7, 11) is 1.35. The lowest BCUT2D eigenvalue weighted by molar-refractivity contribution is -0.139. The van der Waals surface area contributed by atoms with E-state index in [4.69, 9.17) is 5.21 Å². The van der Waals surface area contributed by atoms with Gasteiger partial charge in [-0.25, -0.2) is 0 Å². The zero-order valence-corrected chi connectivity index (χ0v) is 8.96. The van der Waals surface area contributed by atoms with Crippen molar-refractivity contribution in [3.63, 3.8) is 0 Å². The van der Waals surface area contributed by atoms with Crippen LogP contribution < -0.4 is 0 Å². The minimum atomic E-state index is -0.287. The van der Waals surface area contributed by atoms with Crippen LogP contribution in [0, 0.1) is 0 Å². The van der Waals surface area contributed by atoms with E-state index < -0.39 is 0 Å². The monoisotopic (exact) mass is 219 g/mol. The van der Waals surface area contributed by atoms with Crippen molar-refractivity contribution in [1.82, 2.24) is 0 Å². The summed E-state index contributed by atoms with van der Waals surface area (Å²) in [6.45, 7) is 0. The Kier molecular flexibility index (Phi) is 4.79. The van der Waals surface area contributed by atoms with Gasteiger partial charge in [-0.3, -0.25) is 4.79 Å². The molecule has 0 aliphatic heterocycles. The first kappa shape index (κ1) is 12.0. The summed E-state index contributed by atoms with van der Waals surface area (Å²) >= 11 is 0. The molecule has 0 radical (unpaired) electrons. The third-order valence-corrected chi connectivity index (χ3v) is 2.00. The number of carbonyl (C=O) groups is 1. The number of ether oxygens (including phenoxy) is 1. The number of methoxy groups -OCH3 is 1. The molecule has 0 heterocycles. The van der Waals surface area contributed by atoms with E-state index in [1.54, 1.807) is 12.2 Å². The predicted octanol–water partition coefficient (Wildman–Crippen LogP) is 2.07. The molecule has 1 rings (SSSR count). The van der Waals surface area contributed by atoms with Gasteiger partial charge in [0.15, 0.2) is 0 Å². The number of oxime groups is 1. The third kappa shape index (κ3) is 3.57. The first-order valence-corrected chi connectivity index (χ1v) is 4.77. The minimum absolute atomic E-state index is 0.223. The molecule has 0 atom stereocenters. The maximum Gasteiger partial charge on any atom is 0.309 e. The predicted molar refractivity (Wildman–Crippen MR) is 61.5 cm³/mol. The van der Waals surface area contributed by atoms with Gasteiger partial charge in [0, 0.05) is 5.56 Å². The molecule has 0 bridgehead atoms.